The third-order valence-electron chi connectivity index (χ3n) is 5.22. The summed E-state index contributed by atoms with van der Waals surface area (Å²) >= 11 is 1.99. The second-order valence-electron chi connectivity index (χ2n) is 7.12. The molecule has 0 aromatic carbocycles. The van der Waals surface area contributed by atoms with Crippen molar-refractivity contribution in [2.45, 2.75) is 49.6 Å². The lowest BCUT2D eigenvalue weighted by atomic mass is 9.90. The second kappa shape index (κ2) is 6.89. The smallest absolute Gasteiger partial charge is 0.249 e. The Kier molecular flexibility index (Phi) is 4.63. The van der Waals surface area contributed by atoms with Crippen LogP contribution >= 0.6 is 11.8 Å². The highest BCUT2D eigenvalue weighted by molar-refractivity contribution is 8.01. The highest BCUT2D eigenvalue weighted by Crippen LogP contribution is 2.46. The Morgan fingerprint density at radius 1 is 1.33 bits per heavy atom. The minimum absolute atomic E-state index is 0.244. The van der Waals surface area contributed by atoms with E-state index in [1.54, 1.807) is 12.4 Å². The van der Waals surface area contributed by atoms with E-state index in [2.05, 4.69) is 11.1 Å². The number of aromatic nitrogens is 1. The summed E-state index contributed by atoms with van der Waals surface area (Å²) in [6.45, 7) is 2.44. The molecule has 2 saturated heterocycles. The maximum absolute atomic E-state index is 12.5. The van der Waals surface area contributed by atoms with Crippen molar-refractivity contribution in [1.29, 1.82) is 0 Å². The van der Waals surface area contributed by atoms with Gasteiger partial charge in [0.25, 0.3) is 0 Å². The molecular formula is C19H24N2O2S. The highest BCUT2D eigenvalue weighted by Gasteiger charge is 2.51. The van der Waals surface area contributed by atoms with Crippen molar-refractivity contribution in [3.05, 3.63) is 41.7 Å². The van der Waals surface area contributed by atoms with Crippen molar-refractivity contribution >= 4 is 17.7 Å². The Hall–Kier alpha value is -1.33. The van der Waals surface area contributed by atoms with Gasteiger partial charge in [-0.1, -0.05) is 6.08 Å². The van der Waals surface area contributed by atoms with Gasteiger partial charge in [0.15, 0.2) is 0 Å². The largest absolute Gasteiger partial charge is 0.373 e. The van der Waals surface area contributed by atoms with Gasteiger partial charge in [-0.15, -0.1) is 11.8 Å². The number of hydrogen-bond acceptors (Lipinski definition) is 4. The zero-order valence-corrected chi connectivity index (χ0v) is 14.8. The summed E-state index contributed by atoms with van der Waals surface area (Å²) < 4.78 is 6.31. The van der Waals surface area contributed by atoms with Crippen LogP contribution < -0.4 is 0 Å². The van der Waals surface area contributed by atoms with Crippen LogP contribution in [0.25, 0.3) is 0 Å². The lowest BCUT2D eigenvalue weighted by Crippen LogP contribution is -2.61. The molecule has 0 radical (unpaired) electrons. The highest BCUT2D eigenvalue weighted by atomic mass is 32.2. The number of carbonyl (C=O) groups is 1. The molecule has 1 amide bonds. The number of hydrogen-bond donors (Lipinski definition) is 0. The van der Waals surface area contributed by atoms with E-state index < -0.39 is 0 Å². The van der Waals surface area contributed by atoms with Crippen molar-refractivity contribution in [1.82, 2.24) is 9.88 Å². The van der Waals surface area contributed by atoms with Crippen molar-refractivity contribution in [3.63, 3.8) is 0 Å². The van der Waals surface area contributed by atoms with Crippen molar-refractivity contribution in [2.75, 3.05) is 18.8 Å². The lowest BCUT2D eigenvalue weighted by Gasteiger charge is -2.48. The zero-order valence-electron chi connectivity index (χ0n) is 13.9. The quantitative estimate of drug-likeness (QED) is 0.841. The number of pyridine rings is 1. The van der Waals surface area contributed by atoms with Crippen LogP contribution in [0, 0.1) is 0 Å². The predicted octanol–water partition coefficient (Wildman–Crippen LogP) is 3.19. The fourth-order valence-corrected chi connectivity index (χ4v) is 5.40. The minimum Gasteiger partial charge on any atom is -0.373 e. The summed E-state index contributed by atoms with van der Waals surface area (Å²) in [5.41, 5.74) is 2.22. The Morgan fingerprint density at radius 3 is 2.92 bits per heavy atom. The van der Waals surface area contributed by atoms with Crippen LogP contribution in [0.5, 0.6) is 0 Å². The van der Waals surface area contributed by atoms with E-state index in [-0.39, 0.29) is 10.7 Å². The summed E-state index contributed by atoms with van der Waals surface area (Å²) in [7, 11) is 0. The average molecular weight is 344 g/mol. The standard InChI is InChI=1S/C19H24N2O2S/c22-18(16-4-2-1-3-5-16)21-13-19(14-21)10-17(12-24-19)23-11-15-6-8-20-9-7-15/h4,6-9,17H,1-3,5,10-14H2. The molecule has 1 spiro atoms. The Balaban J connectivity index is 1.26. The van der Waals surface area contributed by atoms with Crippen LogP contribution in [-0.2, 0) is 16.1 Å². The van der Waals surface area contributed by atoms with Gasteiger partial charge in [-0.25, -0.2) is 0 Å². The molecule has 1 aromatic heterocycles. The van der Waals surface area contributed by atoms with Gasteiger partial charge in [0.2, 0.25) is 5.91 Å². The number of carbonyl (C=O) groups excluding carboxylic acids is 1. The second-order valence-corrected chi connectivity index (χ2v) is 8.61. The van der Waals surface area contributed by atoms with Crippen LogP contribution in [0.3, 0.4) is 0 Å². The molecule has 24 heavy (non-hydrogen) atoms. The van der Waals surface area contributed by atoms with Gasteiger partial charge in [-0.3, -0.25) is 9.78 Å². The lowest BCUT2D eigenvalue weighted by molar-refractivity contribution is -0.132. The molecule has 3 heterocycles. The van der Waals surface area contributed by atoms with Gasteiger partial charge >= 0.3 is 0 Å². The van der Waals surface area contributed by atoms with Gasteiger partial charge < -0.3 is 9.64 Å². The first kappa shape index (κ1) is 16.2. The molecule has 1 aliphatic carbocycles. The molecule has 2 fully saturated rings. The van der Waals surface area contributed by atoms with Gasteiger partial charge in [0, 0.05) is 36.8 Å². The third kappa shape index (κ3) is 3.38. The molecule has 0 N–H and O–H groups in total. The maximum atomic E-state index is 12.5. The molecule has 128 valence electrons. The predicted molar refractivity (Wildman–Crippen MR) is 95.8 cm³/mol. The molecule has 2 aliphatic heterocycles. The number of rotatable bonds is 4. The van der Waals surface area contributed by atoms with Crippen molar-refractivity contribution in [2.24, 2.45) is 0 Å². The molecule has 5 heteroatoms. The van der Waals surface area contributed by atoms with E-state index in [1.807, 2.05) is 28.8 Å². The monoisotopic (exact) mass is 344 g/mol. The van der Waals surface area contributed by atoms with E-state index in [0.29, 0.717) is 12.7 Å². The molecule has 3 aliphatic rings. The van der Waals surface area contributed by atoms with Crippen LogP contribution in [0.1, 0.15) is 37.7 Å². The Bertz CT molecular complexity index is 626. The summed E-state index contributed by atoms with van der Waals surface area (Å²) in [4.78, 5) is 18.6. The fourth-order valence-electron chi connectivity index (χ4n) is 3.85. The summed E-state index contributed by atoms with van der Waals surface area (Å²) in [5, 5.41) is 0. The Morgan fingerprint density at radius 2 is 2.17 bits per heavy atom. The third-order valence-corrected chi connectivity index (χ3v) is 6.80. The van der Waals surface area contributed by atoms with Gasteiger partial charge in [-0.2, -0.15) is 0 Å². The van der Waals surface area contributed by atoms with Gasteiger partial charge in [0.1, 0.15) is 0 Å². The number of likely N-dealkylation sites (tertiary alicyclic amines) is 1. The van der Waals surface area contributed by atoms with Crippen molar-refractivity contribution < 1.29 is 9.53 Å². The molecular weight excluding hydrogens is 320 g/mol. The Labute approximate surface area is 147 Å². The van der Waals surface area contributed by atoms with E-state index in [0.717, 1.165) is 50.1 Å². The fraction of sp³-hybridized carbons (Fsp3) is 0.579. The summed E-state index contributed by atoms with van der Waals surface area (Å²) in [5.74, 6) is 1.32. The maximum Gasteiger partial charge on any atom is 0.249 e. The molecule has 0 bridgehead atoms. The number of amides is 1. The minimum atomic E-state index is 0.244. The number of thioether (sulfide) groups is 1. The molecule has 1 aromatic rings. The van der Waals surface area contributed by atoms with E-state index in [4.69, 9.17) is 4.74 Å². The molecule has 4 rings (SSSR count). The summed E-state index contributed by atoms with van der Waals surface area (Å²) in [6, 6.07) is 4.00. The topological polar surface area (TPSA) is 42.4 Å². The van der Waals surface area contributed by atoms with E-state index >= 15 is 0 Å². The number of ether oxygens (including phenoxy) is 1. The van der Waals surface area contributed by atoms with Crippen LogP contribution in [0.15, 0.2) is 36.2 Å². The molecule has 1 atom stereocenters. The van der Waals surface area contributed by atoms with Crippen LogP contribution in [0.4, 0.5) is 0 Å². The first-order valence-corrected chi connectivity index (χ1v) is 9.85. The zero-order chi connectivity index (χ0) is 16.4. The average Bonchev–Trinajstić information content (AvgIpc) is 3.04. The van der Waals surface area contributed by atoms with Gasteiger partial charge in [0.05, 0.1) is 17.5 Å². The van der Waals surface area contributed by atoms with E-state index in [9.17, 15) is 4.79 Å². The normalized spacial score (nSPS) is 25.4. The molecule has 1 unspecified atom stereocenters. The number of allylic oxidation sites excluding steroid dienone is 1. The van der Waals surface area contributed by atoms with Crippen LogP contribution in [0.2, 0.25) is 0 Å². The van der Waals surface area contributed by atoms with Gasteiger partial charge in [-0.05, 0) is 49.8 Å². The molecule has 4 nitrogen and oxygen atoms in total. The SMILES string of the molecule is O=C(C1=CCCCC1)N1CC2(CC(OCc3ccncc3)CS2)C1. The summed E-state index contributed by atoms with van der Waals surface area (Å²) in [6.07, 6.45) is 11.5. The first-order valence-electron chi connectivity index (χ1n) is 8.87. The number of nitrogens with zero attached hydrogens (tertiary/aromatic N) is 2. The first-order chi connectivity index (χ1) is 11.7. The molecule has 0 saturated carbocycles. The van der Waals surface area contributed by atoms with E-state index in [1.165, 1.54) is 12.0 Å². The van der Waals surface area contributed by atoms with Crippen LogP contribution in [-0.4, -0.2) is 45.5 Å². The van der Waals surface area contributed by atoms with Crippen molar-refractivity contribution in [3.8, 4) is 0 Å².